The van der Waals surface area contributed by atoms with Gasteiger partial charge in [-0.2, -0.15) is 0 Å². The molecule has 0 unspecified atom stereocenters. The van der Waals surface area contributed by atoms with E-state index in [1.54, 1.807) is 0 Å². The highest BCUT2D eigenvalue weighted by atomic mass is 32.2. The number of para-hydroxylation sites is 1. The largest absolute Gasteiger partial charge is 0.327 e. The lowest BCUT2D eigenvalue weighted by Crippen LogP contribution is -2.15. The van der Waals surface area contributed by atoms with Gasteiger partial charge in [0.05, 0.1) is 17.0 Å². The molecule has 6 nitrogen and oxygen atoms in total. The summed E-state index contributed by atoms with van der Waals surface area (Å²) in [4.78, 5) is 16.5. The molecule has 1 N–H and O–H groups in total. The number of rotatable bonds is 4. The highest BCUT2D eigenvalue weighted by Crippen LogP contribution is 2.26. The molecular formula is C18H13F2N5OS. The Morgan fingerprint density at radius 2 is 2.00 bits per heavy atom. The van der Waals surface area contributed by atoms with Gasteiger partial charge in [0.2, 0.25) is 11.1 Å². The number of hydrogen-bond donors (Lipinski definition) is 1. The molecular weight excluding hydrogens is 372 g/mol. The zero-order valence-electron chi connectivity index (χ0n) is 14.1. The summed E-state index contributed by atoms with van der Waals surface area (Å²) in [5.41, 5.74) is 2.26. The van der Waals surface area contributed by atoms with Gasteiger partial charge in [-0.1, -0.05) is 30.0 Å². The fourth-order valence-electron chi connectivity index (χ4n) is 2.76. The lowest BCUT2D eigenvalue weighted by Gasteiger charge is -2.06. The first-order valence-corrected chi connectivity index (χ1v) is 8.97. The van der Waals surface area contributed by atoms with Crippen LogP contribution >= 0.6 is 11.8 Å². The molecule has 9 heteroatoms. The van der Waals surface area contributed by atoms with Gasteiger partial charge in [-0.25, -0.2) is 13.8 Å². The standard InChI is InChI=1S/C18H13F2N5OS/c1-25-14-5-3-2-4-11(14)16-17(25)22-18(24-23-16)27-9-15(26)21-13-7-6-10(19)8-12(13)20/h2-8H,9H2,1H3,(H,21,26). The topological polar surface area (TPSA) is 72.7 Å². The molecule has 0 fully saturated rings. The number of aromatic nitrogens is 4. The minimum Gasteiger partial charge on any atom is -0.327 e. The number of anilines is 1. The second kappa shape index (κ2) is 6.92. The highest BCUT2D eigenvalue weighted by molar-refractivity contribution is 7.99. The number of fused-ring (bicyclic) bond motifs is 3. The predicted molar refractivity (Wildman–Crippen MR) is 99.5 cm³/mol. The number of aryl methyl sites for hydroxylation is 1. The summed E-state index contributed by atoms with van der Waals surface area (Å²) < 4.78 is 28.4. The van der Waals surface area contributed by atoms with Gasteiger partial charge in [0, 0.05) is 18.5 Å². The monoisotopic (exact) mass is 385 g/mol. The van der Waals surface area contributed by atoms with Gasteiger partial charge in [-0.05, 0) is 18.2 Å². The fourth-order valence-corrected chi connectivity index (χ4v) is 3.34. The van der Waals surface area contributed by atoms with Crippen molar-refractivity contribution in [1.29, 1.82) is 0 Å². The zero-order chi connectivity index (χ0) is 19.0. The molecule has 2 heterocycles. The third-order valence-electron chi connectivity index (χ3n) is 4.02. The molecule has 0 atom stereocenters. The van der Waals surface area contributed by atoms with Crippen LogP contribution in [0, 0.1) is 11.6 Å². The lowest BCUT2D eigenvalue weighted by atomic mass is 10.2. The van der Waals surface area contributed by atoms with Crippen LogP contribution in [0.5, 0.6) is 0 Å². The Hall–Kier alpha value is -3.07. The van der Waals surface area contributed by atoms with E-state index < -0.39 is 17.5 Å². The van der Waals surface area contributed by atoms with Crippen molar-refractivity contribution in [3.05, 3.63) is 54.1 Å². The van der Waals surface area contributed by atoms with Crippen molar-refractivity contribution in [3.8, 4) is 0 Å². The molecule has 2 aromatic carbocycles. The van der Waals surface area contributed by atoms with Crippen molar-refractivity contribution in [2.75, 3.05) is 11.1 Å². The summed E-state index contributed by atoms with van der Waals surface area (Å²) in [6, 6.07) is 10.7. The number of carbonyl (C=O) groups is 1. The van der Waals surface area contributed by atoms with Gasteiger partial charge < -0.3 is 9.88 Å². The highest BCUT2D eigenvalue weighted by Gasteiger charge is 2.14. The van der Waals surface area contributed by atoms with E-state index in [-0.39, 0.29) is 11.4 Å². The summed E-state index contributed by atoms with van der Waals surface area (Å²) in [5.74, 6) is -2.02. The van der Waals surface area contributed by atoms with Crippen LogP contribution in [0.25, 0.3) is 22.1 Å². The van der Waals surface area contributed by atoms with Crippen molar-refractivity contribution in [3.63, 3.8) is 0 Å². The number of hydrogen-bond acceptors (Lipinski definition) is 5. The lowest BCUT2D eigenvalue weighted by molar-refractivity contribution is -0.113. The van der Waals surface area contributed by atoms with E-state index in [4.69, 9.17) is 0 Å². The van der Waals surface area contributed by atoms with E-state index in [1.165, 1.54) is 6.07 Å². The summed E-state index contributed by atoms with van der Waals surface area (Å²) >= 11 is 1.08. The Morgan fingerprint density at radius 3 is 2.81 bits per heavy atom. The van der Waals surface area contributed by atoms with Crippen molar-refractivity contribution >= 4 is 45.4 Å². The van der Waals surface area contributed by atoms with Crippen molar-refractivity contribution in [1.82, 2.24) is 19.7 Å². The maximum absolute atomic E-state index is 13.6. The number of thioether (sulfide) groups is 1. The maximum Gasteiger partial charge on any atom is 0.234 e. The smallest absolute Gasteiger partial charge is 0.234 e. The zero-order valence-corrected chi connectivity index (χ0v) is 14.9. The van der Waals surface area contributed by atoms with Gasteiger partial charge in [-0.3, -0.25) is 4.79 Å². The van der Waals surface area contributed by atoms with Crippen LogP contribution in [0.15, 0.2) is 47.6 Å². The van der Waals surface area contributed by atoms with Crippen molar-refractivity contribution < 1.29 is 13.6 Å². The molecule has 1 amide bonds. The van der Waals surface area contributed by atoms with Crippen LogP contribution in [0.4, 0.5) is 14.5 Å². The van der Waals surface area contributed by atoms with Crippen LogP contribution in [-0.4, -0.2) is 31.4 Å². The minimum atomic E-state index is -0.830. The summed E-state index contributed by atoms with van der Waals surface area (Å²) in [5, 5.41) is 12.0. The molecule has 0 aliphatic rings. The molecule has 0 saturated carbocycles. The second-order valence-electron chi connectivity index (χ2n) is 5.80. The van der Waals surface area contributed by atoms with E-state index >= 15 is 0 Å². The minimum absolute atomic E-state index is 0.0338. The SMILES string of the molecule is Cn1c2ccccc2c2nnc(SCC(=O)Nc3ccc(F)cc3F)nc21. The molecule has 0 aliphatic heterocycles. The first-order chi connectivity index (χ1) is 13.0. The van der Waals surface area contributed by atoms with Crippen LogP contribution in [0.2, 0.25) is 0 Å². The maximum atomic E-state index is 13.6. The van der Waals surface area contributed by atoms with E-state index in [1.807, 2.05) is 35.9 Å². The average molecular weight is 385 g/mol. The van der Waals surface area contributed by atoms with Crippen molar-refractivity contribution in [2.24, 2.45) is 7.05 Å². The normalized spacial score (nSPS) is 11.2. The van der Waals surface area contributed by atoms with E-state index in [0.717, 1.165) is 28.7 Å². The third-order valence-corrected chi connectivity index (χ3v) is 4.86. The third kappa shape index (κ3) is 3.33. The van der Waals surface area contributed by atoms with E-state index in [2.05, 4.69) is 20.5 Å². The molecule has 27 heavy (non-hydrogen) atoms. The Kier molecular flexibility index (Phi) is 4.44. The molecule has 0 saturated heterocycles. The number of halogens is 2. The molecule has 4 aromatic rings. The number of carbonyl (C=O) groups excluding carboxylic acids is 1. The van der Waals surface area contributed by atoms with Crippen molar-refractivity contribution in [2.45, 2.75) is 5.16 Å². The van der Waals surface area contributed by atoms with Gasteiger partial charge in [-0.15, -0.1) is 10.2 Å². The second-order valence-corrected chi connectivity index (χ2v) is 6.75. The molecule has 0 aliphatic carbocycles. The summed E-state index contributed by atoms with van der Waals surface area (Å²) in [7, 11) is 1.89. The Balaban J connectivity index is 1.51. The van der Waals surface area contributed by atoms with Gasteiger partial charge in [0.1, 0.15) is 17.2 Å². The molecule has 136 valence electrons. The Bertz CT molecular complexity index is 1180. The molecule has 0 bridgehead atoms. The first-order valence-electron chi connectivity index (χ1n) is 7.98. The quantitative estimate of drug-likeness (QED) is 0.544. The number of nitrogens with zero attached hydrogens (tertiary/aromatic N) is 4. The first kappa shape index (κ1) is 17.3. The summed E-state index contributed by atoms with van der Waals surface area (Å²) in [6.07, 6.45) is 0. The van der Waals surface area contributed by atoms with Crippen LogP contribution < -0.4 is 5.32 Å². The number of nitrogens with one attached hydrogen (secondary N) is 1. The molecule has 2 aromatic heterocycles. The molecule has 0 radical (unpaired) electrons. The molecule has 0 spiro atoms. The van der Waals surface area contributed by atoms with Gasteiger partial charge in [0.25, 0.3) is 0 Å². The van der Waals surface area contributed by atoms with Gasteiger partial charge in [0.15, 0.2) is 5.65 Å². The average Bonchev–Trinajstić information content (AvgIpc) is 2.95. The molecule has 4 rings (SSSR count). The van der Waals surface area contributed by atoms with E-state index in [0.29, 0.717) is 22.4 Å². The Morgan fingerprint density at radius 1 is 1.19 bits per heavy atom. The summed E-state index contributed by atoms with van der Waals surface area (Å²) in [6.45, 7) is 0. The fraction of sp³-hybridized carbons (Fsp3) is 0.111. The predicted octanol–water partition coefficient (Wildman–Crippen LogP) is 3.53. The number of amides is 1. The number of benzene rings is 2. The van der Waals surface area contributed by atoms with Gasteiger partial charge >= 0.3 is 0 Å². The van der Waals surface area contributed by atoms with Crippen LogP contribution in [-0.2, 0) is 11.8 Å². The van der Waals surface area contributed by atoms with E-state index in [9.17, 15) is 13.6 Å². The van der Waals surface area contributed by atoms with Crippen LogP contribution in [0.3, 0.4) is 0 Å². The van der Waals surface area contributed by atoms with Crippen LogP contribution in [0.1, 0.15) is 0 Å². The Labute approximate surface area is 156 Å².